The number of anilines is 1. The van der Waals surface area contributed by atoms with Crippen LogP contribution in [0.5, 0.6) is 0 Å². The van der Waals surface area contributed by atoms with E-state index in [2.05, 4.69) is 15.6 Å². The highest BCUT2D eigenvalue weighted by Gasteiger charge is 2.06. The summed E-state index contributed by atoms with van der Waals surface area (Å²) in [5.41, 5.74) is 2.54. The Kier molecular flexibility index (Phi) is 6.22. The highest BCUT2D eigenvalue weighted by Crippen LogP contribution is 2.11. The first-order valence-corrected chi connectivity index (χ1v) is 7.79. The number of aromatic nitrogens is 1. The molecule has 0 saturated carbocycles. The third-order valence-electron chi connectivity index (χ3n) is 3.18. The minimum Gasteiger partial charge on any atom is -0.385 e. The Hall–Kier alpha value is -2.07. The van der Waals surface area contributed by atoms with Gasteiger partial charge in [0.15, 0.2) is 0 Å². The maximum atomic E-state index is 11.9. The third-order valence-corrected chi connectivity index (χ3v) is 3.44. The monoisotopic (exact) mass is 317 g/mol. The molecule has 0 radical (unpaired) electrons. The topological polar surface area (TPSA) is 54.0 Å². The van der Waals surface area contributed by atoms with E-state index in [4.69, 9.17) is 11.6 Å². The maximum absolute atomic E-state index is 11.9. The average molecular weight is 318 g/mol. The number of halogens is 1. The van der Waals surface area contributed by atoms with E-state index in [9.17, 15) is 4.79 Å². The molecular weight excluding hydrogens is 298 g/mol. The average Bonchev–Trinajstić information content (AvgIpc) is 2.55. The Morgan fingerprint density at radius 2 is 1.95 bits per heavy atom. The minimum absolute atomic E-state index is 0.136. The lowest BCUT2D eigenvalue weighted by Gasteiger charge is -2.08. The number of rotatable bonds is 7. The van der Waals surface area contributed by atoms with Crippen molar-refractivity contribution >= 4 is 23.2 Å². The van der Waals surface area contributed by atoms with Crippen LogP contribution < -0.4 is 10.6 Å². The van der Waals surface area contributed by atoms with Crippen molar-refractivity contribution in [1.29, 1.82) is 0 Å². The van der Waals surface area contributed by atoms with Crippen LogP contribution in [0.25, 0.3) is 0 Å². The van der Waals surface area contributed by atoms with Gasteiger partial charge in [0.1, 0.15) is 5.69 Å². The first kappa shape index (κ1) is 16.3. The second kappa shape index (κ2) is 8.39. The molecule has 22 heavy (non-hydrogen) atoms. The number of pyridine rings is 1. The molecule has 2 N–H and O–H groups in total. The van der Waals surface area contributed by atoms with Crippen LogP contribution in [0, 0.1) is 0 Å². The van der Waals surface area contributed by atoms with Crippen LogP contribution in [0.3, 0.4) is 0 Å². The summed E-state index contributed by atoms with van der Waals surface area (Å²) in [5, 5.41) is 6.87. The summed E-state index contributed by atoms with van der Waals surface area (Å²) in [6.45, 7) is 3.46. The SMILES string of the molecule is CCCNC(=O)c1cc(NCCc2ccc(Cl)cc2)ccn1. The Morgan fingerprint density at radius 1 is 1.18 bits per heavy atom. The molecule has 0 unspecified atom stereocenters. The zero-order valence-corrected chi connectivity index (χ0v) is 13.4. The molecule has 2 rings (SSSR count). The Bertz CT molecular complexity index is 614. The molecule has 0 atom stereocenters. The molecule has 0 spiro atoms. The fourth-order valence-corrected chi connectivity index (χ4v) is 2.12. The van der Waals surface area contributed by atoms with Gasteiger partial charge in [-0.2, -0.15) is 0 Å². The van der Waals surface area contributed by atoms with Gasteiger partial charge in [-0.15, -0.1) is 0 Å². The zero-order valence-electron chi connectivity index (χ0n) is 12.6. The molecule has 1 heterocycles. The second-order valence-corrected chi connectivity index (χ2v) is 5.43. The number of carbonyl (C=O) groups excluding carboxylic acids is 1. The summed E-state index contributed by atoms with van der Waals surface area (Å²) >= 11 is 5.86. The van der Waals surface area contributed by atoms with E-state index in [1.165, 1.54) is 5.56 Å². The number of hydrogen-bond acceptors (Lipinski definition) is 3. The van der Waals surface area contributed by atoms with E-state index < -0.39 is 0 Å². The summed E-state index contributed by atoms with van der Waals surface area (Å²) in [4.78, 5) is 16.0. The van der Waals surface area contributed by atoms with Gasteiger partial charge in [0.25, 0.3) is 5.91 Å². The lowest BCUT2D eigenvalue weighted by Crippen LogP contribution is -2.25. The van der Waals surface area contributed by atoms with Gasteiger partial charge in [0.05, 0.1) is 0 Å². The number of nitrogens with zero attached hydrogens (tertiary/aromatic N) is 1. The van der Waals surface area contributed by atoms with Crippen molar-refractivity contribution in [3.8, 4) is 0 Å². The van der Waals surface area contributed by atoms with E-state index in [1.54, 1.807) is 12.3 Å². The Labute approximate surface area is 135 Å². The molecule has 1 aromatic heterocycles. The van der Waals surface area contributed by atoms with Crippen molar-refractivity contribution < 1.29 is 4.79 Å². The summed E-state index contributed by atoms with van der Waals surface area (Å²) in [7, 11) is 0. The summed E-state index contributed by atoms with van der Waals surface area (Å²) in [5.74, 6) is -0.136. The standard InChI is InChI=1S/C17H20ClN3O/c1-2-9-21-17(22)16-12-15(8-11-20-16)19-10-7-13-3-5-14(18)6-4-13/h3-6,8,11-12H,2,7,9-10H2,1H3,(H,19,20)(H,21,22). The van der Waals surface area contributed by atoms with E-state index in [-0.39, 0.29) is 5.91 Å². The van der Waals surface area contributed by atoms with Gasteiger partial charge < -0.3 is 10.6 Å². The first-order chi connectivity index (χ1) is 10.7. The van der Waals surface area contributed by atoms with Gasteiger partial charge in [-0.3, -0.25) is 9.78 Å². The van der Waals surface area contributed by atoms with Crippen molar-refractivity contribution in [2.24, 2.45) is 0 Å². The van der Waals surface area contributed by atoms with Gasteiger partial charge in [-0.05, 0) is 42.7 Å². The van der Waals surface area contributed by atoms with Crippen LogP contribution in [-0.4, -0.2) is 24.0 Å². The van der Waals surface area contributed by atoms with Crippen molar-refractivity contribution in [1.82, 2.24) is 10.3 Å². The molecule has 0 aliphatic carbocycles. The number of carbonyl (C=O) groups is 1. The van der Waals surface area contributed by atoms with Crippen molar-refractivity contribution in [2.75, 3.05) is 18.4 Å². The van der Waals surface area contributed by atoms with E-state index in [1.807, 2.05) is 37.3 Å². The Morgan fingerprint density at radius 3 is 2.68 bits per heavy atom. The molecule has 1 aromatic carbocycles. The molecule has 2 aromatic rings. The predicted octanol–water partition coefficient (Wildman–Crippen LogP) is 3.53. The Balaban J connectivity index is 1.87. The minimum atomic E-state index is -0.136. The van der Waals surface area contributed by atoms with Crippen LogP contribution in [0.15, 0.2) is 42.6 Å². The fourth-order valence-electron chi connectivity index (χ4n) is 2.00. The van der Waals surface area contributed by atoms with Crippen LogP contribution >= 0.6 is 11.6 Å². The number of benzene rings is 1. The summed E-state index contributed by atoms with van der Waals surface area (Å²) < 4.78 is 0. The molecule has 0 saturated heterocycles. The number of nitrogens with one attached hydrogen (secondary N) is 2. The first-order valence-electron chi connectivity index (χ1n) is 7.41. The molecular formula is C17H20ClN3O. The van der Waals surface area contributed by atoms with E-state index >= 15 is 0 Å². The zero-order chi connectivity index (χ0) is 15.8. The smallest absolute Gasteiger partial charge is 0.269 e. The molecule has 5 heteroatoms. The van der Waals surface area contributed by atoms with Crippen molar-refractivity contribution in [2.45, 2.75) is 19.8 Å². The molecule has 4 nitrogen and oxygen atoms in total. The van der Waals surface area contributed by atoms with Gasteiger partial charge in [-0.25, -0.2) is 0 Å². The van der Waals surface area contributed by atoms with Crippen molar-refractivity contribution in [3.05, 3.63) is 58.9 Å². The van der Waals surface area contributed by atoms with Gasteiger partial charge in [0, 0.05) is 30.0 Å². The lowest BCUT2D eigenvalue weighted by molar-refractivity contribution is 0.0949. The van der Waals surface area contributed by atoms with Crippen LogP contribution in [0.2, 0.25) is 5.02 Å². The van der Waals surface area contributed by atoms with Crippen LogP contribution in [0.4, 0.5) is 5.69 Å². The molecule has 0 aliphatic rings. The maximum Gasteiger partial charge on any atom is 0.269 e. The summed E-state index contributed by atoms with van der Waals surface area (Å²) in [6.07, 6.45) is 3.44. The number of amides is 1. The molecule has 0 fully saturated rings. The van der Waals surface area contributed by atoms with E-state index in [0.29, 0.717) is 12.2 Å². The van der Waals surface area contributed by atoms with Crippen LogP contribution in [-0.2, 0) is 6.42 Å². The van der Waals surface area contributed by atoms with E-state index in [0.717, 1.165) is 30.1 Å². The molecule has 116 valence electrons. The predicted molar refractivity (Wildman–Crippen MR) is 90.5 cm³/mol. The largest absolute Gasteiger partial charge is 0.385 e. The number of hydrogen-bond donors (Lipinski definition) is 2. The van der Waals surface area contributed by atoms with Gasteiger partial charge in [0.2, 0.25) is 0 Å². The fraction of sp³-hybridized carbons (Fsp3) is 0.294. The highest BCUT2D eigenvalue weighted by molar-refractivity contribution is 6.30. The van der Waals surface area contributed by atoms with Gasteiger partial charge in [-0.1, -0.05) is 30.7 Å². The lowest BCUT2D eigenvalue weighted by atomic mass is 10.1. The third kappa shape index (κ3) is 5.04. The quantitative estimate of drug-likeness (QED) is 0.821. The molecule has 1 amide bonds. The molecule has 0 bridgehead atoms. The molecule has 0 aliphatic heterocycles. The second-order valence-electron chi connectivity index (χ2n) is 4.99. The van der Waals surface area contributed by atoms with Gasteiger partial charge >= 0.3 is 0 Å². The van der Waals surface area contributed by atoms with Crippen molar-refractivity contribution in [3.63, 3.8) is 0 Å². The normalized spacial score (nSPS) is 10.3. The highest BCUT2D eigenvalue weighted by atomic mass is 35.5. The summed E-state index contributed by atoms with van der Waals surface area (Å²) in [6, 6.07) is 11.4. The van der Waals surface area contributed by atoms with Crippen LogP contribution in [0.1, 0.15) is 29.4 Å².